The first kappa shape index (κ1) is 15.3. The van der Waals surface area contributed by atoms with Crippen LogP contribution in [0.2, 0.25) is 0 Å². The topological polar surface area (TPSA) is 38.7 Å². The summed E-state index contributed by atoms with van der Waals surface area (Å²) in [5.41, 5.74) is 0.965. The molecule has 3 unspecified atom stereocenters. The molecule has 0 saturated carbocycles. The predicted octanol–water partition coefficient (Wildman–Crippen LogP) is 2.67. The number of halogens is 3. The Morgan fingerprint density at radius 1 is 1.30 bits per heavy atom. The van der Waals surface area contributed by atoms with Gasteiger partial charge in [-0.15, -0.1) is 0 Å². The number of rotatable bonds is 4. The van der Waals surface area contributed by atoms with Gasteiger partial charge in [0, 0.05) is 13.0 Å². The van der Waals surface area contributed by atoms with Crippen molar-refractivity contribution in [1.82, 2.24) is 0 Å². The van der Waals surface area contributed by atoms with Crippen molar-refractivity contribution in [2.45, 2.75) is 43.9 Å². The van der Waals surface area contributed by atoms with Gasteiger partial charge in [-0.2, -0.15) is 13.2 Å². The molecule has 1 aliphatic heterocycles. The Morgan fingerprint density at radius 3 is 2.65 bits per heavy atom. The molecule has 0 aromatic heterocycles. The van der Waals surface area contributed by atoms with Crippen molar-refractivity contribution in [3.05, 3.63) is 35.9 Å². The first-order valence-corrected chi connectivity index (χ1v) is 6.48. The van der Waals surface area contributed by atoms with Gasteiger partial charge in [-0.05, 0) is 12.0 Å². The van der Waals surface area contributed by atoms with E-state index in [0.29, 0.717) is 13.0 Å². The van der Waals surface area contributed by atoms with Crippen LogP contribution in [0.1, 0.15) is 18.4 Å². The summed E-state index contributed by atoms with van der Waals surface area (Å²) in [6, 6.07) is 9.41. The molecule has 0 radical (unpaired) electrons. The fourth-order valence-electron chi connectivity index (χ4n) is 2.17. The Hall–Kier alpha value is -1.11. The van der Waals surface area contributed by atoms with Crippen molar-refractivity contribution >= 4 is 0 Å². The lowest BCUT2D eigenvalue weighted by atomic mass is 10.0. The number of alkyl halides is 3. The van der Waals surface area contributed by atoms with Crippen LogP contribution in [0.5, 0.6) is 0 Å². The number of hydrogen-bond donors (Lipinski definition) is 1. The molecule has 2 rings (SSSR count). The smallest absolute Gasteiger partial charge is 0.381 e. The summed E-state index contributed by atoms with van der Waals surface area (Å²) in [5.74, 6) is 0. The average Bonchev–Trinajstić information content (AvgIpc) is 2.45. The molecule has 3 atom stereocenters. The van der Waals surface area contributed by atoms with Crippen LogP contribution < -0.4 is 0 Å². The fraction of sp³-hybridized carbons (Fsp3) is 0.571. The lowest BCUT2D eigenvalue weighted by Crippen LogP contribution is -2.46. The van der Waals surface area contributed by atoms with E-state index in [2.05, 4.69) is 0 Å². The minimum Gasteiger partial charge on any atom is -0.381 e. The lowest BCUT2D eigenvalue weighted by Gasteiger charge is -2.33. The standard InChI is InChI=1S/C14H17F3O3/c15-14(16,17)13(18)12-8-11(6-7-19-12)20-9-10-4-2-1-3-5-10/h1-5,11-13,18H,6-9H2. The molecule has 1 aromatic carbocycles. The van der Waals surface area contributed by atoms with Gasteiger partial charge in [0.25, 0.3) is 0 Å². The van der Waals surface area contributed by atoms with E-state index in [-0.39, 0.29) is 19.1 Å². The molecular weight excluding hydrogens is 273 g/mol. The van der Waals surface area contributed by atoms with Gasteiger partial charge in [0.05, 0.1) is 18.8 Å². The molecule has 112 valence electrons. The van der Waals surface area contributed by atoms with Crippen molar-refractivity contribution in [3.8, 4) is 0 Å². The molecule has 1 aliphatic rings. The van der Waals surface area contributed by atoms with Gasteiger partial charge in [0.2, 0.25) is 0 Å². The molecule has 0 aliphatic carbocycles. The van der Waals surface area contributed by atoms with Gasteiger partial charge < -0.3 is 14.6 Å². The molecule has 1 heterocycles. The van der Waals surface area contributed by atoms with E-state index < -0.39 is 18.4 Å². The van der Waals surface area contributed by atoms with Crippen LogP contribution in [0, 0.1) is 0 Å². The van der Waals surface area contributed by atoms with Crippen molar-refractivity contribution in [3.63, 3.8) is 0 Å². The van der Waals surface area contributed by atoms with Gasteiger partial charge in [-0.3, -0.25) is 0 Å². The van der Waals surface area contributed by atoms with Crippen LogP contribution in [0.3, 0.4) is 0 Å². The molecule has 6 heteroatoms. The third-order valence-electron chi connectivity index (χ3n) is 3.28. The normalized spacial score (nSPS) is 25.4. The maximum absolute atomic E-state index is 12.4. The van der Waals surface area contributed by atoms with Crippen molar-refractivity contribution in [2.75, 3.05) is 6.61 Å². The minimum atomic E-state index is -4.66. The second kappa shape index (κ2) is 6.56. The third-order valence-corrected chi connectivity index (χ3v) is 3.28. The molecule has 3 nitrogen and oxygen atoms in total. The molecular formula is C14H17F3O3. The van der Waals surface area contributed by atoms with Crippen LogP contribution in [0.4, 0.5) is 13.2 Å². The van der Waals surface area contributed by atoms with E-state index in [0.717, 1.165) is 5.56 Å². The molecule has 0 bridgehead atoms. The summed E-state index contributed by atoms with van der Waals surface area (Å²) in [4.78, 5) is 0. The largest absolute Gasteiger partial charge is 0.416 e. The van der Waals surface area contributed by atoms with E-state index in [1.54, 1.807) is 0 Å². The summed E-state index contributed by atoms with van der Waals surface area (Å²) in [7, 11) is 0. The predicted molar refractivity (Wildman–Crippen MR) is 66.1 cm³/mol. The van der Waals surface area contributed by atoms with Crippen LogP contribution in [-0.2, 0) is 16.1 Å². The van der Waals surface area contributed by atoms with Crippen LogP contribution in [0.25, 0.3) is 0 Å². The monoisotopic (exact) mass is 290 g/mol. The molecule has 1 saturated heterocycles. The van der Waals surface area contributed by atoms with Crippen LogP contribution in [0.15, 0.2) is 30.3 Å². The van der Waals surface area contributed by atoms with E-state index >= 15 is 0 Å². The summed E-state index contributed by atoms with van der Waals surface area (Å²) >= 11 is 0. The Kier molecular flexibility index (Phi) is 5.01. The molecule has 0 amide bonds. The highest BCUT2D eigenvalue weighted by Gasteiger charge is 2.45. The van der Waals surface area contributed by atoms with E-state index in [1.165, 1.54) is 0 Å². The zero-order valence-corrected chi connectivity index (χ0v) is 10.8. The Bertz CT molecular complexity index is 408. The van der Waals surface area contributed by atoms with E-state index in [1.807, 2.05) is 30.3 Å². The zero-order chi connectivity index (χ0) is 14.6. The number of aliphatic hydroxyl groups excluding tert-OH is 1. The van der Waals surface area contributed by atoms with Gasteiger partial charge in [-0.25, -0.2) is 0 Å². The Labute approximate surface area is 115 Å². The SMILES string of the molecule is OC(C1CC(OCc2ccccc2)CCO1)C(F)(F)F. The minimum absolute atomic E-state index is 0.0491. The maximum Gasteiger partial charge on any atom is 0.416 e. The van der Waals surface area contributed by atoms with Crippen LogP contribution in [-0.4, -0.2) is 36.2 Å². The number of hydrogen-bond acceptors (Lipinski definition) is 3. The highest BCUT2D eigenvalue weighted by molar-refractivity contribution is 5.13. The highest BCUT2D eigenvalue weighted by atomic mass is 19.4. The van der Waals surface area contributed by atoms with Crippen molar-refractivity contribution < 1.29 is 27.8 Å². The van der Waals surface area contributed by atoms with Gasteiger partial charge >= 0.3 is 6.18 Å². The molecule has 1 fully saturated rings. The Morgan fingerprint density at radius 2 is 2.00 bits per heavy atom. The number of benzene rings is 1. The molecule has 1 aromatic rings. The summed E-state index contributed by atoms with van der Waals surface area (Å²) in [5, 5.41) is 9.21. The van der Waals surface area contributed by atoms with E-state index in [9.17, 15) is 18.3 Å². The van der Waals surface area contributed by atoms with Gasteiger partial charge in [-0.1, -0.05) is 30.3 Å². The number of aliphatic hydroxyl groups is 1. The second-order valence-corrected chi connectivity index (χ2v) is 4.84. The Balaban J connectivity index is 1.85. The van der Waals surface area contributed by atoms with Gasteiger partial charge in [0.1, 0.15) is 0 Å². The van der Waals surface area contributed by atoms with Gasteiger partial charge in [0.15, 0.2) is 6.10 Å². The maximum atomic E-state index is 12.4. The third kappa shape index (κ3) is 4.19. The first-order valence-electron chi connectivity index (χ1n) is 6.48. The summed E-state index contributed by atoms with van der Waals surface area (Å²) < 4.78 is 47.9. The molecule has 0 spiro atoms. The number of ether oxygens (including phenoxy) is 2. The average molecular weight is 290 g/mol. The second-order valence-electron chi connectivity index (χ2n) is 4.84. The van der Waals surface area contributed by atoms with Crippen molar-refractivity contribution in [2.24, 2.45) is 0 Å². The quantitative estimate of drug-likeness (QED) is 0.926. The highest BCUT2D eigenvalue weighted by Crippen LogP contribution is 2.29. The summed E-state index contributed by atoms with van der Waals surface area (Å²) in [6.07, 6.45) is -8.10. The first-order chi connectivity index (χ1) is 9.47. The van der Waals surface area contributed by atoms with E-state index in [4.69, 9.17) is 9.47 Å². The molecule has 20 heavy (non-hydrogen) atoms. The fourth-order valence-corrected chi connectivity index (χ4v) is 2.17. The lowest BCUT2D eigenvalue weighted by molar-refractivity contribution is -0.248. The zero-order valence-electron chi connectivity index (χ0n) is 10.8. The van der Waals surface area contributed by atoms with Crippen LogP contribution >= 0.6 is 0 Å². The molecule has 1 N–H and O–H groups in total. The summed E-state index contributed by atoms with van der Waals surface area (Å²) in [6.45, 7) is 0.512. The van der Waals surface area contributed by atoms with Crippen molar-refractivity contribution in [1.29, 1.82) is 0 Å².